The zero-order chi connectivity index (χ0) is 15.3. The minimum atomic E-state index is -3.11. The number of carboxylic acid groups (broad SMARTS) is 1. The van der Waals surface area contributed by atoms with Gasteiger partial charge in [-0.1, -0.05) is 12.1 Å². The molecule has 0 aliphatic rings. The molecule has 0 spiro atoms. The van der Waals surface area contributed by atoms with E-state index in [4.69, 9.17) is 5.11 Å². The second-order valence-corrected chi connectivity index (χ2v) is 3.90. The Kier molecular flexibility index (Phi) is 5.39. The highest BCUT2D eigenvalue weighted by molar-refractivity contribution is 5.99. The lowest BCUT2D eigenvalue weighted by molar-refractivity contribution is -0.141. The molecule has 0 fully saturated rings. The monoisotopic (exact) mass is 289 g/mol. The van der Waals surface area contributed by atoms with Crippen LogP contribution in [-0.4, -0.2) is 40.8 Å². The zero-order valence-electron chi connectivity index (χ0n) is 10.4. The fourth-order valence-corrected chi connectivity index (χ4v) is 1.46. The number of rotatable bonds is 6. The summed E-state index contributed by atoms with van der Waals surface area (Å²) < 4.78 is 28.6. The first-order chi connectivity index (χ1) is 9.32. The Morgan fingerprint density at radius 3 is 2.40 bits per heavy atom. The van der Waals surface area contributed by atoms with Gasteiger partial charge >= 0.3 is 12.6 Å². The van der Waals surface area contributed by atoms with Crippen molar-refractivity contribution in [2.75, 3.05) is 0 Å². The molecule has 0 aromatic heterocycles. The molecular weight excluding hydrogens is 276 g/mol. The van der Waals surface area contributed by atoms with E-state index in [9.17, 15) is 23.5 Å². The highest BCUT2D eigenvalue weighted by Gasteiger charge is 2.26. The number of hydrogen-bond acceptors (Lipinski definition) is 4. The smallest absolute Gasteiger partial charge is 0.387 e. The third-order valence-corrected chi connectivity index (χ3v) is 2.38. The first-order valence-corrected chi connectivity index (χ1v) is 5.58. The first-order valence-electron chi connectivity index (χ1n) is 5.58. The fourth-order valence-electron chi connectivity index (χ4n) is 1.46. The molecule has 0 aliphatic heterocycles. The molecule has 2 atom stereocenters. The number of aliphatic hydroxyl groups is 1. The van der Waals surface area contributed by atoms with Gasteiger partial charge in [0.05, 0.1) is 11.7 Å². The second kappa shape index (κ2) is 6.80. The molecule has 0 saturated heterocycles. The molecular formula is C12H13F2NO5. The number of benzene rings is 1. The molecule has 1 aromatic rings. The Morgan fingerprint density at radius 2 is 1.90 bits per heavy atom. The minimum absolute atomic E-state index is 0.250. The third-order valence-electron chi connectivity index (χ3n) is 2.38. The van der Waals surface area contributed by atoms with Gasteiger partial charge in [0.2, 0.25) is 0 Å². The van der Waals surface area contributed by atoms with Crippen LogP contribution in [-0.2, 0) is 4.79 Å². The van der Waals surface area contributed by atoms with Gasteiger partial charge in [-0.25, -0.2) is 4.79 Å². The van der Waals surface area contributed by atoms with E-state index in [1.807, 2.05) is 5.32 Å². The average Bonchev–Trinajstić information content (AvgIpc) is 2.34. The topological polar surface area (TPSA) is 95.9 Å². The Balaban J connectivity index is 2.94. The molecule has 110 valence electrons. The molecule has 6 nitrogen and oxygen atoms in total. The summed E-state index contributed by atoms with van der Waals surface area (Å²) in [7, 11) is 0. The van der Waals surface area contributed by atoms with E-state index >= 15 is 0 Å². The lowest BCUT2D eigenvalue weighted by Crippen LogP contribution is -2.47. The largest absolute Gasteiger partial charge is 0.480 e. The lowest BCUT2D eigenvalue weighted by atomic mass is 10.1. The van der Waals surface area contributed by atoms with E-state index in [1.165, 1.54) is 25.1 Å². The van der Waals surface area contributed by atoms with Gasteiger partial charge in [-0.2, -0.15) is 8.78 Å². The molecule has 8 heteroatoms. The molecule has 0 bridgehead atoms. The van der Waals surface area contributed by atoms with Gasteiger partial charge in [0, 0.05) is 0 Å². The number of carboxylic acids is 1. The Morgan fingerprint density at radius 1 is 1.30 bits per heavy atom. The van der Waals surface area contributed by atoms with E-state index in [0.29, 0.717) is 0 Å². The number of halogens is 2. The SMILES string of the molecule is CC(O)C(NC(=O)c1ccccc1OC(F)F)C(=O)O. The number of alkyl halides is 2. The Labute approximate surface area is 113 Å². The molecule has 2 unspecified atom stereocenters. The standard InChI is InChI=1S/C12H13F2NO5/c1-6(16)9(11(18)19)15-10(17)7-4-2-3-5-8(7)20-12(13)14/h2-6,9,12,16H,1H3,(H,15,17)(H,18,19). The maximum absolute atomic E-state index is 12.2. The minimum Gasteiger partial charge on any atom is -0.480 e. The Bertz CT molecular complexity index is 492. The van der Waals surface area contributed by atoms with Crippen molar-refractivity contribution in [2.45, 2.75) is 25.7 Å². The maximum atomic E-state index is 12.2. The van der Waals surface area contributed by atoms with Crippen molar-refractivity contribution in [3.63, 3.8) is 0 Å². The van der Waals surface area contributed by atoms with Crippen LogP contribution in [0.1, 0.15) is 17.3 Å². The van der Waals surface area contributed by atoms with Crippen LogP contribution < -0.4 is 10.1 Å². The van der Waals surface area contributed by atoms with Gasteiger partial charge in [-0.15, -0.1) is 0 Å². The van der Waals surface area contributed by atoms with Crippen LogP contribution in [0.2, 0.25) is 0 Å². The van der Waals surface area contributed by atoms with E-state index in [1.54, 1.807) is 0 Å². The molecule has 1 rings (SSSR count). The molecule has 0 heterocycles. The summed E-state index contributed by atoms with van der Waals surface area (Å²) in [6.45, 7) is -1.93. The van der Waals surface area contributed by atoms with Gasteiger partial charge in [0.15, 0.2) is 6.04 Å². The highest BCUT2D eigenvalue weighted by atomic mass is 19.3. The van der Waals surface area contributed by atoms with E-state index < -0.39 is 30.6 Å². The first kappa shape index (κ1) is 15.8. The van der Waals surface area contributed by atoms with Crippen LogP contribution in [0.15, 0.2) is 24.3 Å². The van der Waals surface area contributed by atoms with Crippen LogP contribution in [0, 0.1) is 0 Å². The molecule has 3 N–H and O–H groups in total. The van der Waals surface area contributed by atoms with Crippen molar-refractivity contribution in [1.82, 2.24) is 5.32 Å². The van der Waals surface area contributed by atoms with Crippen molar-refractivity contribution >= 4 is 11.9 Å². The summed E-state index contributed by atoms with van der Waals surface area (Å²) in [6, 6.07) is 3.60. The number of nitrogens with one attached hydrogen (secondary N) is 1. The number of carbonyl (C=O) groups is 2. The van der Waals surface area contributed by atoms with Crippen molar-refractivity contribution in [2.24, 2.45) is 0 Å². The van der Waals surface area contributed by atoms with Crippen molar-refractivity contribution in [1.29, 1.82) is 0 Å². The van der Waals surface area contributed by atoms with Crippen LogP contribution in [0.4, 0.5) is 8.78 Å². The summed E-state index contributed by atoms with van der Waals surface area (Å²) in [6.07, 6.45) is -1.35. The predicted molar refractivity (Wildman–Crippen MR) is 63.6 cm³/mol. The van der Waals surface area contributed by atoms with Crippen LogP contribution >= 0.6 is 0 Å². The number of para-hydroxylation sites is 1. The fraction of sp³-hybridized carbons (Fsp3) is 0.333. The van der Waals surface area contributed by atoms with E-state index in [0.717, 1.165) is 6.07 Å². The van der Waals surface area contributed by atoms with E-state index in [-0.39, 0.29) is 11.3 Å². The summed E-state index contributed by atoms with van der Waals surface area (Å²) >= 11 is 0. The quantitative estimate of drug-likeness (QED) is 0.721. The van der Waals surface area contributed by atoms with Gasteiger partial charge < -0.3 is 20.3 Å². The van der Waals surface area contributed by atoms with E-state index in [2.05, 4.69) is 4.74 Å². The summed E-state index contributed by atoms with van der Waals surface area (Å²) in [5, 5.41) is 20.1. The number of ether oxygens (including phenoxy) is 1. The molecule has 1 amide bonds. The van der Waals surface area contributed by atoms with Gasteiger partial charge in [0.25, 0.3) is 5.91 Å². The van der Waals surface area contributed by atoms with Gasteiger partial charge in [0.1, 0.15) is 5.75 Å². The zero-order valence-corrected chi connectivity index (χ0v) is 10.4. The molecule has 0 saturated carbocycles. The van der Waals surface area contributed by atoms with Crippen LogP contribution in [0.5, 0.6) is 5.75 Å². The van der Waals surface area contributed by atoms with Gasteiger partial charge in [-0.05, 0) is 19.1 Å². The molecule has 1 aromatic carbocycles. The number of carbonyl (C=O) groups excluding carboxylic acids is 1. The van der Waals surface area contributed by atoms with Crippen LogP contribution in [0.3, 0.4) is 0 Å². The normalized spacial score (nSPS) is 13.7. The molecule has 20 heavy (non-hydrogen) atoms. The average molecular weight is 289 g/mol. The highest BCUT2D eigenvalue weighted by Crippen LogP contribution is 2.20. The summed E-state index contributed by atoms with van der Waals surface area (Å²) in [5.74, 6) is -2.76. The second-order valence-electron chi connectivity index (χ2n) is 3.90. The lowest BCUT2D eigenvalue weighted by Gasteiger charge is -2.18. The summed E-state index contributed by atoms with van der Waals surface area (Å²) in [4.78, 5) is 22.7. The third kappa shape index (κ3) is 4.16. The van der Waals surface area contributed by atoms with Crippen molar-refractivity contribution < 1.29 is 33.3 Å². The summed E-state index contributed by atoms with van der Waals surface area (Å²) in [5.41, 5.74) is -0.250. The number of hydrogen-bond donors (Lipinski definition) is 3. The van der Waals surface area contributed by atoms with Crippen molar-refractivity contribution in [3.8, 4) is 5.75 Å². The number of aliphatic carboxylic acids is 1. The van der Waals surface area contributed by atoms with Gasteiger partial charge in [-0.3, -0.25) is 4.79 Å². The molecule has 0 radical (unpaired) electrons. The Hall–Kier alpha value is -2.22. The number of aliphatic hydroxyl groups excluding tert-OH is 1. The number of amides is 1. The van der Waals surface area contributed by atoms with Crippen molar-refractivity contribution in [3.05, 3.63) is 29.8 Å². The molecule has 0 aliphatic carbocycles. The van der Waals surface area contributed by atoms with Crippen LogP contribution in [0.25, 0.3) is 0 Å². The predicted octanol–water partition coefficient (Wildman–Crippen LogP) is 0.852. The maximum Gasteiger partial charge on any atom is 0.387 e.